The van der Waals surface area contributed by atoms with E-state index in [4.69, 9.17) is 22.9 Å². The second-order valence-corrected chi connectivity index (χ2v) is 7.44. The smallest absolute Gasteiger partial charge is 0.0308 e. The van der Waals surface area contributed by atoms with Crippen molar-refractivity contribution in [2.75, 3.05) is 6.54 Å². The molecule has 0 saturated heterocycles. The van der Waals surface area contributed by atoms with Crippen molar-refractivity contribution in [1.82, 2.24) is 0 Å². The third-order valence-corrected chi connectivity index (χ3v) is 5.42. The molecule has 0 amide bonds. The Hall–Kier alpha value is -0.160. The lowest BCUT2D eigenvalue weighted by Gasteiger charge is -2.40. The molecule has 4 nitrogen and oxygen atoms in total. The van der Waals surface area contributed by atoms with Gasteiger partial charge in [0.25, 0.3) is 0 Å². The molecule has 1 saturated carbocycles. The highest BCUT2D eigenvalue weighted by Crippen LogP contribution is 2.29. The highest BCUT2D eigenvalue weighted by molar-refractivity contribution is 4.98. The van der Waals surface area contributed by atoms with Gasteiger partial charge in [-0.15, -0.1) is 0 Å². The summed E-state index contributed by atoms with van der Waals surface area (Å²) in [6, 6.07) is 0.491. The maximum absolute atomic E-state index is 6.50. The Bertz CT molecular complexity index is 262. The molecule has 0 aromatic carbocycles. The van der Waals surface area contributed by atoms with Crippen molar-refractivity contribution in [1.29, 1.82) is 0 Å². The quantitative estimate of drug-likeness (QED) is 0.416. The minimum atomic E-state index is -0.154. The highest BCUT2D eigenvalue weighted by atomic mass is 14.9. The molecule has 1 unspecified atom stereocenters. The highest BCUT2D eigenvalue weighted by Gasteiger charge is 2.35. The Labute approximate surface area is 137 Å². The molecule has 1 aliphatic rings. The van der Waals surface area contributed by atoms with Crippen molar-refractivity contribution in [2.45, 2.75) is 108 Å². The summed E-state index contributed by atoms with van der Waals surface area (Å²) >= 11 is 0. The summed E-state index contributed by atoms with van der Waals surface area (Å²) in [5, 5.41) is 0. The molecule has 4 heteroatoms. The van der Waals surface area contributed by atoms with Gasteiger partial charge in [0.2, 0.25) is 0 Å². The predicted octanol–water partition coefficient (Wildman–Crippen LogP) is 2.77. The van der Waals surface area contributed by atoms with Crippen LogP contribution in [0.25, 0.3) is 0 Å². The first-order chi connectivity index (χ1) is 10.6. The molecule has 0 spiro atoms. The maximum atomic E-state index is 6.50. The van der Waals surface area contributed by atoms with Gasteiger partial charge in [0.1, 0.15) is 0 Å². The number of hydrogen-bond donors (Lipinski definition) is 4. The molecule has 0 aromatic rings. The third kappa shape index (κ3) is 7.91. The van der Waals surface area contributed by atoms with Gasteiger partial charge in [0, 0.05) is 17.6 Å². The Kier molecular flexibility index (Phi) is 10.3. The average molecular weight is 313 g/mol. The van der Waals surface area contributed by atoms with Crippen molar-refractivity contribution < 1.29 is 0 Å². The van der Waals surface area contributed by atoms with E-state index in [0.717, 1.165) is 38.6 Å². The van der Waals surface area contributed by atoms with Gasteiger partial charge in [-0.1, -0.05) is 51.4 Å². The number of unbranched alkanes of at least 4 members (excludes halogenated alkanes) is 8. The lowest BCUT2D eigenvalue weighted by Crippen LogP contribution is -2.58. The van der Waals surface area contributed by atoms with Crippen LogP contribution < -0.4 is 22.9 Å². The Balaban J connectivity index is 1.95. The van der Waals surface area contributed by atoms with Crippen LogP contribution in [0.5, 0.6) is 0 Å². The maximum Gasteiger partial charge on any atom is 0.0308 e. The second kappa shape index (κ2) is 11.4. The molecule has 1 fully saturated rings. The van der Waals surface area contributed by atoms with Gasteiger partial charge in [-0.05, 0) is 45.1 Å². The van der Waals surface area contributed by atoms with E-state index in [0.29, 0.717) is 6.04 Å². The minimum absolute atomic E-state index is 0.149. The van der Waals surface area contributed by atoms with Crippen LogP contribution >= 0.6 is 0 Å². The fraction of sp³-hybridized carbons (Fsp3) is 1.00. The van der Waals surface area contributed by atoms with Crippen LogP contribution in [0.3, 0.4) is 0 Å². The van der Waals surface area contributed by atoms with Crippen LogP contribution in [0.2, 0.25) is 0 Å². The van der Waals surface area contributed by atoms with Crippen molar-refractivity contribution >= 4 is 0 Å². The zero-order chi connectivity index (χ0) is 16.3. The van der Waals surface area contributed by atoms with Crippen LogP contribution in [0, 0.1) is 0 Å². The first-order valence-corrected chi connectivity index (χ1v) is 9.58. The molecule has 132 valence electrons. The summed E-state index contributed by atoms with van der Waals surface area (Å²) in [6.45, 7) is 0.842. The van der Waals surface area contributed by atoms with E-state index in [1.54, 1.807) is 0 Å². The van der Waals surface area contributed by atoms with Gasteiger partial charge in [0.15, 0.2) is 0 Å². The third-order valence-electron chi connectivity index (χ3n) is 5.42. The van der Waals surface area contributed by atoms with E-state index in [1.165, 1.54) is 57.8 Å². The van der Waals surface area contributed by atoms with Crippen LogP contribution in [-0.2, 0) is 0 Å². The summed E-state index contributed by atoms with van der Waals surface area (Å²) < 4.78 is 0. The zero-order valence-corrected chi connectivity index (χ0v) is 14.6. The van der Waals surface area contributed by atoms with Gasteiger partial charge in [-0.2, -0.15) is 0 Å². The zero-order valence-electron chi connectivity index (χ0n) is 14.6. The molecule has 0 bridgehead atoms. The molecule has 0 radical (unpaired) electrons. The summed E-state index contributed by atoms with van der Waals surface area (Å²) in [5.74, 6) is 0. The van der Waals surface area contributed by atoms with E-state index in [2.05, 4.69) is 0 Å². The second-order valence-electron chi connectivity index (χ2n) is 7.44. The largest absolute Gasteiger partial charge is 0.330 e. The Morgan fingerprint density at radius 2 is 1.27 bits per heavy atom. The summed E-state index contributed by atoms with van der Waals surface area (Å²) in [7, 11) is 0. The van der Waals surface area contributed by atoms with E-state index >= 15 is 0 Å². The van der Waals surface area contributed by atoms with Gasteiger partial charge in [0.05, 0.1) is 0 Å². The SMILES string of the molecule is NCCCCCCCCCCCC(N)C1(N)CCC(N)CC1. The van der Waals surface area contributed by atoms with E-state index in [1.807, 2.05) is 0 Å². The molecule has 0 aromatic heterocycles. The molecule has 22 heavy (non-hydrogen) atoms. The van der Waals surface area contributed by atoms with Crippen molar-refractivity contribution in [3.63, 3.8) is 0 Å². The van der Waals surface area contributed by atoms with Crippen molar-refractivity contribution in [3.8, 4) is 0 Å². The lowest BCUT2D eigenvalue weighted by molar-refractivity contribution is 0.221. The van der Waals surface area contributed by atoms with Crippen molar-refractivity contribution in [3.05, 3.63) is 0 Å². The van der Waals surface area contributed by atoms with Gasteiger partial charge < -0.3 is 22.9 Å². The van der Waals surface area contributed by atoms with Gasteiger partial charge >= 0.3 is 0 Å². The van der Waals surface area contributed by atoms with Crippen LogP contribution in [0.1, 0.15) is 89.9 Å². The predicted molar refractivity (Wildman–Crippen MR) is 96.6 cm³/mol. The lowest BCUT2D eigenvalue weighted by atomic mass is 9.74. The Morgan fingerprint density at radius 3 is 1.77 bits per heavy atom. The van der Waals surface area contributed by atoms with Crippen LogP contribution in [0.15, 0.2) is 0 Å². The molecule has 0 heterocycles. The number of rotatable bonds is 12. The monoisotopic (exact) mass is 312 g/mol. The van der Waals surface area contributed by atoms with E-state index in [9.17, 15) is 0 Å². The first kappa shape index (κ1) is 19.9. The minimum Gasteiger partial charge on any atom is -0.330 e. The number of nitrogens with two attached hydrogens (primary N) is 4. The molecule has 1 rings (SSSR count). The molecule has 8 N–H and O–H groups in total. The Morgan fingerprint density at radius 1 is 0.818 bits per heavy atom. The summed E-state index contributed by atoms with van der Waals surface area (Å²) in [4.78, 5) is 0. The van der Waals surface area contributed by atoms with E-state index < -0.39 is 0 Å². The molecule has 1 aliphatic carbocycles. The summed E-state index contributed by atoms with van der Waals surface area (Å²) in [5.41, 5.74) is 24.2. The fourth-order valence-electron chi connectivity index (χ4n) is 3.58. The number of hydrogen-bond acceptors (Lipinski definition) is 4. The van der Waals surface area contributed by atoms with Crippen LogP contribution in [0.4, 0.5) is 0 Å². The van der Waals surface area contributed by atoms with Crippen LogP contribution in [-0.4, -0.2) is 24.2 Å². The normalized spacial score (nSPS) is 27.0. The molecule has 1 atom stereocenters. The molecular weight excluding hydrogens is 272 g/mol. The average Bonchev–Trinajstić information content (AvgIpc) is 2.52. The fourth-order valence-corrected chi connectivity index (χ4v) is 3.58. The first-order valence-electron chi connectivity index (χ1n) is 9.58. The summed E-state index contributed by atoms with van der Waals surface area (Å²) in [6.07, 6.45) is 16.9. The molecule has 0 aliphatic heterocycles. The van der Waals surface area contributed by atoms with Gasteiger partial charge in [-0.3, -0.25) is 0 Å². The molecular formula is C18H40N4. The van der Waals surface area contributed by atoms with E-state index in [-0.39, 0.29) is 11.6 Å². The van der Waals surface area contributed by atoms with Gasteiger partial charge in [-0.25, -0.2) is 0 Å². The van der Waals surface area contributed by atoms with Crippen molar-refractivity contribution in [2.24, 2.45) is 22.9 Å². The standard InChI is InChI=1S/C18H40N4/c19-15-9-7-5-3-1-2-4-6-8-10-17(21)18(22)13-11-16(20)12-14-18/h16-17H,1-15,19-22H2. The topological polar surface area (TPSA) is 104 Å².